The molecule has 1 aliphatic rings. The summed E-state index contributed by atoms with van der Waals surface area (Å²) in [7, 11) is -0.581. The lowest BCUT2D eigenvalue weighted by molar-refractivity contribution is 0.210. The fraction of sp³-hybridized carbons (Fsp3) is 1.00. The molecule has 0 aromatic carbocycles. The molecule has 2 N–H and O–H groups in total. The van der Waals surface area contributed by atoms with Crippen molar-refractivity contribution in [3.05, 3.63) is 0 Å². The lowest BCUT2D eigenvalue weighted by Gasteiger charge is -2.28. The molecule has 0 aromatic rings. The second-order valence-corrected chi connectivity index (χ2v) is 5.23. The van der Waals surface area contributed by atoms with Crippen molar-refractivity contribution in [3.8, 4) is 0 Å². The molecule has 0 radical (unpaired) electrons. The first-order chi connectivity index (χ1) is 6.27. The zero-order valence-corrected chi connectivity index (χ0v) is 9.18. The minimum absolute atomic E-state index is 0.495. The van der Waals surface area contributed by atoms with Crippen molar-refractivity contribution in [3.63, 3.8) is 0 Å². The number of nitrogens with two attached hydrogens (primary N) is 1. The summed E-state index contributed by atoms with van der Waals surface area (Å²) in [4.78, 5) is 2.39. The van der Waals surface area contributed by atoms with Gasteiger partial charge in [0.1, 0.15) is 0 Å². The molecule has 0 aliphatic carbocycles. The number of rotatable bonds is 3. The number of hydrogen-bond acceptors (Lipinski definition) is 3. The molecular weight excluding hydrogens is 184 g/mol. The smallest absolute Gasteiger partial charge is 0.0362 e. The topological polar surface area (TPSA) is 46.3 Å². The van der Waals surface area contributed by atoms with E-state index in [1.54, 1.807) is 0 Å². The van der Waals surface area contributed by atoms with Gasteiger partial charge >= 0.3 is 0 Å². The van der Waals surface area contributed by atoms with Gasteiger partial charge in [0.2, 0.25) is 0 Å². The summed E-state index contributed by atoms with van der Waals surface area (Å²) >= 11 is 0. The second kappa shape index (κ2) is 5.73. The molecule has 2 unspecified atom stereocenters. The van der Waals surface area contributed by atoms with E-state index in [2.05, 4.69) is 11.8 Å². The van der Waals surface area contributed by atoms with Crippen LogP contribution in [0.4, 0.5) is 0 Å². The normalized spacial score (nSPS) is 28.3. The van der Waals surface area contributed by atoms with Gasteiger partial charge in [-0.25, -0.2) is 0 Å². The number of hydrogen-bond donors (Lipinski definition) is 1. The monoisotopic (exact) mass is 204 g/mol. The maximum atomic E-state index is 11.3. The van der Waals surface area contributed by atoms with E-state index in [-0.39, 0.29) is 0 Å². The van der Waals surface area contributed by atoms with Crippen molar-refractivity contribution < 1.29 is 4.21 Å². The summed E-state index contributed by atoms with van der Waals surface area (Å²) in [6.45, 7) is 4.92. The summed E-state index contributed by atoms with van der Waals surface area (Å²) in [5.74, 6) is 1.70. The third-order valence-electron chi connectivity index (χ3n) is 2.68. The van der Waals surface area contributed by atoms with Gasteiger partial charge in [0.05, 0.1) is 0 Å². The van der Waals surface area contributed by atoms with Crippen molar-refractivity contribution >= 4 is 10.8 Å². The Labute approximate surface area is 83.1 Å². The Bertz CT molecular complexity index is 171. The highest BCUT2D eigenvalue weighted by Crippen LogP contribution is 2.08. The molecule has 1 fully saturated rings. The highest BCUT2D eigenvalue weighted by atomic mass is 32.2. The van der Waals surface area contributed by atoms with Gasteiger partial charge in [-0.1, -0.05) is 6.92 Å². The second-order valence-electron chi connectivity index (χ2n) is 3.54. The Balaban J connectivity index is 2.44. The van der Waals surface area contributed by atoms with E-state index < -0.39 is 10.8 Å². The molecule has 1 aliphatic heterocycles. The molecule has 0 amide bonds. The zero-order valence-electron chi connectivity index (χ0n) is 8.37. The molecule has 78 valence electrons. The van der Waals surface area contributed by atoms with Crippen molar-refractivity contribution in [1.29, 1.82) is 0 Å². The van der Waals surface area contributed by atoms with Crippen LogP contribution in [0.5, 0.6) is 0 Å². The number of nitrogens with zero attached hydrogens (tertiary/aromatic N) is 1. The molecule has 13 heavy (non-hydrogen) atoms. The average molecular weight is 204 g/mol. The first-order valence-electron chi connectivity index (χ1n) is 5.07. The van der Waals surface area contributed by atoms with Crippen LogP contribution >= 0.6 is 0 Å². The van der Waals surface area contributed by atoms with Crippen molar-refractivity contribution in [2.45, 2.75) is 25.8 Å². The average Bonchev–Trinajstić information content (AvgIpc) is 2.34. The first-order valence-corrected chi connectivity index (χ1v) is 6.55. The van der Waals surface area contributed by atoms with Crippen LogP contribution in [0.2, 0.25) is 0 Å². The maximum Gasteiger partial charge on any atom is 0.0362 e. The summed E-state index contributed by atoms with van der Waals surface area (Å²) in [5, 5.41) is 0. The van der Waals surface area contributed by atoms with Crippen LogP contribution in [0.15, 0.2) is 0 Å². The van der Waals surface area contributed by atoms with Crippen molar-refractivity contribution in [1.82, 2.24) is 4.90 Å². The van der Waals surface area contributed by atoms with E-state index in [9.17, 15) is 4.21 Å². The fourth-order valence-electron chi connectivity index (χ4n) is 1.80. The Morgan fingerprint density at radius 2 is 2.23 bits per heavy atom. The lowest BCUT2D eigenvalue weighted by atomic mass is 10.2. The Kier molecular flexibility index (Phi) is 4.91. The standard InChI is InChI=1S/C9H20N2OS/c1-2-9(8-10)11-4-3-6-13(12)7-5-11/h9H,2-8,10H2,1H3. The van der Waals surface area contributed by atoms with Crippen LogP contribution in [-0.2, 0) is 10.8 Å². The van der Waals surface area contributed by atoms with Crippen molar-refractivity contribution in [2.75, 3.05) is 31.1 Å². The molecular formula is C9H20N2OS. The van der Waals surface area contributed by atoms with E-state index in [1.807, 2.05) is 0 Å². The maximum absolute atomic E-state index is 11.3. The van der Waals surface area contributed by atoms with E-state index in [0.717, 1.165) is 44.0 Å². The van der Waals surface area contributed by atoms with E-state index in [1.165, 1.54) is 0 Å². The highest BCUT2D eigenvalue weighted by Gasteiger charge is 2.18. The molecule has 1 heterocycles. The van der Waals surface area contributed by atoms with Gasteiger partial charge < -0.3 is 5.73 Å². The molecule has 4 heteroatoms. The molecule has 0 aromatic heterocycles. The fourth-order valence-corrected chi connectivity index (χ4v) is 2.89. The van der Waals surface area contributed by atoms with Gasteiger partial charge in [0.15, 0.2) is 0 Å². The van der Waals surface area contributed by atoms with E-state index >= 15 is 0 Å². The SMILES string of the molecule is CCC(CN)N1CCCS(=O)CC1. The van der Waals surface area contributed by atoms with Gasteiger partial charge in [-0.2, -0.15) is 0 Å². The van der Waals surface area contributed by atoms with Gasteiger partial charge in [-0.15, -0.1) is 0 Å². The lowest BCUT2D eigenvalue weighted by Crippen LogP contribution is -2.41. The molecule has 1 saturated heterocycles. The first kappa shape index (κ1) is 11.1. The summed E-state index contributed by atoms with van der Waals surface area (Å²) in [6.07, 6.45) is 2.16. The predicted molar refractivity (Wildman–Crippen MR) is 57.2 cm³/mol. The van der Waals surface area contributed by atoms with Crippen LogP contribution in [0, 0.1) is 0 Å². The molecule has 0 bridgehead atoms. The summed E-state index contributed by atoms with van der Waals surface area (Å²) in [6, 6.07) is 0.495. The Morgan fingerprint density at radius 3 is 2.85 bits per heavy atom. The third-order valence-corrected chi connectivity index (χ3v) is 4.07. The molecule has 1 rings (SSSR count). The minimum atomic E-state index is -0.581. The zero-order chi connectivity index (χ0) is 9.68. The van der Waals surface area contributed by atoms with Crippen LogP contribution in [0.3, 0.4) is 0 Å². The van der Waals surface area contributed by atoms with E-state index in [0.29, 0.717) is 6.04 Å². The van der Waals surface area contributed by atoms with Crippen LogP contribution in [0.1, 0.15) is 19.8 Å². The van der Waals surface area contributed by atoms with Gasteiger partial charge in [0, 0.05) is 41.4 Å². The molecule has 0 saturated carbocycles. The van der Waals surface area contributed by atoms with Crippen molar-refractivity contribution in [2.24, 2.45) is 5.73 Å². The van der Waals surface area contributed by atoms with Crippen LogP contribution in [-0.4, -0.2) is 46.3 Å². The Hall–Kier alpha value is 0.0700. The van der Waals surface area contributed by atoms with Crippen LogP contribution in [0.25, 0.3) is 0 Å². The van der Waals surface area contributed by atoms with Gasteiger partial charge in [0.25, 0.3) is 0 Å². The Morgan fingerprint density at radius 1 is 1.46 bits per heavy atom. The third kappa shape index (κ3) is 3.37. The minimum Gasteiger partial charge on any atom is -0.329 e. The largest absolute Gasteiger partial charge is 0.329 e. The van der Waals surface area contributed by atoms with E-state index in [4.69, 9.17) is 5.73 Å². The quantitative estimate of drug-likeness (QED) is 0.713. The predicted octanol–water partition coefficient (Wildman–Crippen LogP) is 0.178. The summed E-state index contributed by atoms with van der Waals surface area (Å²) in [5.41, 5.74) is 5.68. The summed E-state index contributed by atoms with van der Waals surface area (Å²) < 4.78 is 11.3. The molecule has 3 nitrogen and oxygen atoms in total. The highest BCUT2D eigenvalue weighted by molar-refractivity contribution is 7.85. The van der Waals surface area contributed by atoms with Crippen LogP contribution < -0.4 is 5.73 Å². The molecule has 0 spiro atoms. The van der Waals surface area contributed by atoms with Gasteiger partial charge in [-0.05, 0) is 19.4 Å². The van der Waals surface area contributed by atoms with Gasteiger partial charge in [-0.3, -0.25) is 9.11 Å². The molecule has 2 atom stereocenters.